The summed E-state index contributed by atoms with van der Waals surface area (Å²) in [4.78, 5) is 16.5. The Balaban J connectivity index is 2.36. The molecule has 2 N–H and O–H groups in total. The molecular weight excluding hydrogens is 226 g/mol. The molecule has 1 amide bonds. The molecule has 106 valence electrons. The lowest BCUT2D eigenvalue weighted by atomic mass is 9.93. The summed E-state index contributed by atoms with van der Waals surface area (Å²) in [5, 5.41) is 0. The Kier molecular flexibility index (Phi) is 6.09. The molecule has 1 aliphatic rings. The van der Waals surface area contributed by atoms with Gasteiger partial charge in [0, 0.05) is 26.1 Å². The molecule has 4 nitrogen and oxygen atoms in total. The predicted octanol–water partition coefficient (Wildman–Crippen LogP) is 1.31. The third kappa shape index (κ3) is 4.94. The van der Waals surface area contributed by atoms with E-state index in [4.69, 9.17) is 5.73 Å². The SMILES string of the molecule is CCN(CC(C)(C)CN)C(=O)CCN1CCCC1. The highest BCUT2D eigenvalue weighted by atomic mass is 16.2. The first kappa shape index (κ1) is 15.4. The van der Waals surface area contributed by atoms with E-state index < -0.39 is 0 Å². The Morgan fingerprint density at radius 3 is 2.44 bits per heavy atom. The molecule has 0 radical (unpaired) electrons. The van der Waals surface area contributed by atoms with Gasteiger partial charge in [-0.2, -0.15) is 0 Å². The van der Waals surface area contributed by atoms with Crippen molar-refractivity contribution in [2.75, 3.05) is 39.3 Å². The second-order valence-electron chi connectivity index (χ2n) is 6.08. The molecule has 0 unspecified atom stereocenters. The van der Waals surface area contributed by atoms with E-state index in [1.807, 2.05) is 11.8 Å². The maximum absolute atomic E-state index is 12.2. The average molecular weight is 255 g/mol. The molecule has 0 aromatic carbocycles. The van der Waals surface area contributed by atoms with Crippen LogP contribution < -0.4 is 5.73 Å². The van der Waals surface area contributed by atoms with Crippen LogP contribution in [0.1, 0.15) is 40.0 Å². The van der Waals surface area contributed by atoms with E-state index in [-0.39, 0.29) is 11.3 Å². The minimum Gasteiger partial charge on any atom is -0.342 e. The summed E-state index contributed by atoms with van der Waals surface area (Å²) in [6.45, 7) is 11.7. The molecule has 0 spiro atoms. The number of likely N-dealkylation sites (tertiary alicyclic amines) is 1. The standard InChI is InChI=1S/C14H29N3O/c1-4-17(12-14(2,3)11-15)13(18)7-10-16-8-5-6-9-16/h4-12,15H2,1-3H3. The first-order valence-corrected chi connectivity index (χ1v) is 7.18. The van der Waals surface area contributed by atoms with Gasteiger partial charge in [0.05, 0.1) is 0 Å². The van der Waals surface area contributed by atoms with Gasteiger partial charge in [0.1, 0.15) is 0 Å². The Hall–Kier alpha value is -0.610. The lowest BCUT2D eigenvalue weighted by Crippen LogP contribution is -2.42. The smallest absolute Gasteiger partial charge is 0.223 e. The lowest BCUT2D eigenvalue weighted by Gasteiger charge is -2.31. The summed E-state index contributed by atoms with van der Waals surface area (Å²) in [6, 6.07) is 0. The molecule has 18 heavy (non-hydrogen) atoms. The zero-order valence-corrected chi connectivity index (χ0v) is 12.2. The van der Waals surface area contributed by atoms with E-state index in [1.165, 1.54) is 12.8 Å². The van der Waals surface area contributed by atoms with E-state index in [1.54, 1.807) is 0 Å². The first-order chi connectivity index (χ1) is 8.48. The Labute approximate surface area is 111 Å². The Morgan fingerprint density at radius 1 is 1.33 bits per heavy atom. The summed E-state index contributed by atoms with van der Waals surface area (Å²) in [5.41, 5.74) is 5.75. The number of amides is 1. The van der Waals surface area contributed by atoms with Crippen LogP contribution in [0.3, 0.4) is 0 Å². The van der Waals surface area contributed by atoms with Crippen LogP contribution in [0.2, 0.25) is 0 Å². The van der Waals surface area contributed by atoms with E-state index in [0.717, 1.165) is 32.7 Å². The van der Waals surface area contributed by atoms with E-state index >= 15 is 0 Å². The molecule has 0 saturated carbocycles. The molecule has 0 aromatic heterocycles. The van der Waals surface area contributed by atoms with Crippen molar-refractivity contribution in [3.63, 3.8) is 0 Å². The molecule has 1 fully saturated rings. The number of carbonyl (C=O) groups is 1. The lowest BCUT2D eigenvalue weighted by molar-refractivity contribution is -0.132. The number of nitrogens with two attached hydrogens (primary N) is 1. The maximum atomic E-state index is 12.2. The van der Waals surface area contributed by atoms with Gasteiger partial charge in [0.15, 0.2) is 0 Å². The zero-order chi connectivity index (χ0) is 13.6. The fourth-order valence-electron chi connectivity index (χ4n) is 2.38. The molecule has 0 aliphatic carbocycles. The van der Waals surface area contributed by atoms with Crippen molar-refractivity contribution < 1.29 is 4.79 Å². The summed E-state index contributed by atoms with van der Waals surface area (Å²) < 4.78 is 0. The second kappa shape index (κ2) is 7.10. The summed E-state index contributed by atoms with van der Waals surface area (Å²) in [5.74, 6) is 0.269. The molecule has 0 aromatic rings. The van der Waals surface area contributed by atoms with Crippen molar-refractivity contribution in [3.8, 4) is 0 Å². The highest BCUT2D eigenvalue weighted by Crippen LogP contribution is 2.16. The van der Waals surface area contributed by atoms with Crippen molar-refractivity contribution in [1.29, 1.82) is 0 Å². The first-order valence-electron chi connectivity index (χ1n) is 7.18. The largest absolute Gasteiger partial charge is 0.342 e. The molecular formula is C14H29N3O. The topological polar surface area (TPSA) is 49.6 Å². The normalized spacial score (nSPS) is 17.1. The van der Waals surface area contributed by atoms with Gasteiger partial charge < -0.3 is 15.5 Å². The maximum Gasteiger partial charge on any atom is 0.223 e. The van der Waals surface area contributed by atoms with Crippen LogP contribution >= 0.6 is 0 Å². The fraction of sp³-hybridized carbons (Fsp3) is 0.929. The second-order valence-corrected chi connectivity index (χ2v) is 6.08. The summed E-state index contributed by atoms with van der Waals surface area (Å²) >= 11 is 0. The van der Waals surface area contributed by atoms with Gasteiger partial charge >= 0.3 is 0 Å². The van der Waals surface area contributed by atoms with Crippen molar-refractivity contribution >= 4 is 5.91 Å². The molecule has 4 heteroatoms. The van der Waals surface area contributed by atoms with E-state index in [9.17, 15) is 4.79 Å². The third-order valence-electron chi connectivity index (χ3n) is 3.75. The number of nitrogens with zero attached hydrogens (tertiary/aromatic N) is 2. The van der Waals surface area contributed by atoms with Crippen LogP contribution in [0.5, 0.6) is 0 Å². The van der Waals surface area contributed by atoms with E-state index in [0.29, 0.717) is 13.0 Å². The monoisotopic (exact) mass is 255 g/mol. The van der Waals surface area contributed by atoms with Crippen LogP contribution in [-0.4, -0.2) is 55.0 Å². The average Bonchev–Trinajstić information content (AvgIpc) is 2.86. The zero-order valence-electron chi connectivity index (χ0n) is 12.2. The van der Waals surface area contributed by atoms with Crippen molar-refractivity contribution in [2.24, 2.45) is 11.1 Å². The molecule has 1 heterocycles. The predicted molar refractivity (Wildman–Crippen MR) is 75.4 cm³/mol. The molecule has 1 saturated heterocycles. The summed E-state index contributed by atoms with van der Waals surface area (Å²) in [7, 11) is 0. The van der Waals surface area contributed by atoms with Crippen LogP contribution in [0.25, 0.3) is 0 Å². The number of hydrogen-bond donors (Lipinski definition) is 1. The van der Waals surface area contributed by atoms with Gasteiger partial charge in [-0.05, 0) is 44.8 Å². The quantitative estimate of drug-likeness (QED) is 0.746. The van der Waals surface area contributed by atoms with E-state index in [2.05, 4.69) is 18.7 Å². The van der Waals surface area contributed by atoms with Crippen molar-refractivity contribution in [3.05, 3.63) is 0 Å². The number of hydrogen-bond acceptors (Lipinski definition) is 3. The minimum atomic E-state index is 0.0132. The van der Waals surface area contributed by atoms with Crippen molar-refractivity contribution in [1.82, 2.24) is 9.80 Å². The van der Waals surface area contributed by atoms with Gasteiger partial charge in [0.2, 0.25) is 5.91 Å². The van der Waals surface area contributed by atoms with Crippen LogP contribution in [0.15, 0.2) is 0 Å². The third-order valence-corrected chi connectivity index (χ3v) is 3.75. The van der Waals surface area contributed by atoms with Gasteiger partial charge in [-0.1, -0.05) is 13.8 Å². The van der Waals surface area contributed by atoms with Crippen molar-refractivity contribution in [2.45, 2.75) is 40.0 Å². The van der Waals surface area contributed by atoms with Gasteiger partial charge in [-0.15, -0.1) is 0 Å². The molecule has 1 aliphatic heterocycles. The summed E-state index contributed by atoms with van der Waals surface area (Å²) in [6.07, 6.45) is 3.21. The Bertz CT molecular complexity index is 260. The minimum absolute atomic E-state index is 0.0132. The van der Waals surface area contributed by atoms with Crippen LogP contribution in [0.4, 0.5) is 0 Å². The van der Waals surface area contributed by atoms with Gasteiger partial charge in [-0.25, -0.2) is 0 Å². The molecule has 0 bridgehead atoms. The van der Waals surface area contributed by atoms with Gasteiger partial charge in [0.25, 0.3) is 0 Å². The fourth-order valence-corrected chi connectivity index (χ4v) is 2.38. The van der Waals surface area contributed by atoms with Crippen LogP contribution in [0, 0.1) is 5.41 Å². The number of carbonyl (C=O) groups excluding carboxylic acids is 1. The molecule has 1 rings (SSSR count). The highest BCUT2D eigenvalue weighted by Gasteiger charge is 2.23. The molecule has 0 atom stereocenters. The highest BCUT2D eigenvalue weighted by molar-refractivity contribution is 5.76. The van der Waals surface area contributed by atoms with Gasteiger partial charge in [-0.3, -0.25) is 4.79 Å². The number of rotatable bonds is 7. The Morgan fingerprint density at radius 2 is 1.94 bits per heavy atom. The van der Waals surface area contributed by atoms with Crippen LogP contribution in [-0.2, 0) is 4.79 Å².